The van der Waals surface area contributed by atoms with Crippen molar-refractivity contribution in [2.75, 3.05) is 0 Å². The van der Waals surface area contributed by atoms with Crippen LogP contribution in [-0.4, -0.2) is 0 Å². The molecule has 0 nitrogen and oxygen atoms in total. The Kier molecular flexibility index (Phi) is 3.28. The lowest BCUT2D eigenvalue weighted by Gasteiger charge is -2.22. The number of hydrogen-bond donors (Lipinski definition) is 0. The Morgan fingerprint density at radius 2 is 1.28 bits per heavy atom. The van der Waals surface area contributed by atoms with Crippen LogP contribution in [0.5, 0.6) is 0 Å². The normalized spacial score (nSPS) is 15.4. The van der Waals surface area contributed by atoms with Crippen molar-refractivity contribution in [2.24, 2.45) is 0 Å². The third-order valence-electron chi connectivity index (χ3n) is 5.15. The fraction of sp³-hybridized carbons (Fsp3) is 0.0400. The lowest BCUT2D eigenvalue weighted by atomic mass is 9.82. The fourth-order valence-corrected chi connectivity index (χ4v) is 3.91. The average molecular weight is 318 g/mol. The summed E-state index contributed by atoms with van der Waals surface area (Å²) >= 11 is 0. The van der Waals surface area contributed by atoms with Crippen LogP contribution in [0.4, 0.5) is 0 Å². The summed E-state index contributed by atoms with van der Waals surface area (Å²) in [5, 5.41) is 2.72. The molecule has 0 aliphatic heterocycles. The smallest absolute Gasteiger partial charge is 0.0279 e. The minimum absolute atomic E-state index is 0.323. The molecule has 0 bridgehead atoms. The summed E-state index contributed by atoms with van der Waals surface area (Å²) in [6.45, 7) is 0. The van der Waals surface area contributed by atoms with E-state index in [2.05, 4.69) is 103 Å². The number of hydrogen-bond acceptors (Lipinski definition) is 0. The van der Waals surface area contributed by atoms with Crippen molar-refractivity contribution < 1.29 is 0 Å². The van der Waals surface area contributed by atoms with Gasteiger partial charge in [0.15, 0.2) is 0 Å². The van der Waals surface area contributed by atoms with Crippen LogP contribution in [0.1, 0.15) is 22.6 Å². The van der Waals surface area contributed by atoms with Gasteiger partial charge in [0.05, 0.1) is 0 Å². The lowest BCUT2D eigenvalue weighted by molar-refractivity contribution is 1.04. The third-order valence-corrected chi connectivity index (χ3v) is 5.15. The zero-order valence-electron chi connectivity index (χ0n) is 13.9. The van der Waals surface area contributed by atoms with Gasteiger partial charge in [0.2, 0.25) is 0 Å². The quantitative estimate of drug-likeness (QED) is 0.387. The zero-order chi connectivity index (χ0) is 16.6. The van der Waals surface area contributed by atoms with Crippen LogP contribution in [0.3, 0.4) is 0 Å². The molecule has 0 saturated carbocycles. The van der Waals surface area contributed by atoms with Crippen LogP contribution in [0.25, 0.3) is 28.0 Å². The van der Waals surface area contributed by atoms with Gasteiger partial charge in [-0.1, -0.05) is 103 Å². The zero-order valence-corrected chi connectivity index (χ0v) is 13.9. The van der Waals surface area contributed by atoms with Gasteiger partial charge in [-0.3, -0.25) is 0 Å². The average Bonchev–Trinajstić information content (AvgIpc) is 2.70. The van der Waals surface area contributed by atoms with E-state index >= 15 is 0 Å². The van der Waals surface area contributed by atoms with Crippen LogP contribution >= 0.6 is 0 Å². The van der Waals surface area contributed by atoms with Crippen LogP contribution in [0.2, 0.25) is 0 Å². The van der Waals surface area contributed by atoms with Crippen molar-refractivity contribution in [2.45, 2.75) is 5.92 Å². The highest BCUT2D eigenvalue weighted by molar-refractivity contribution is 5.96. The second-order valence-electron chi connectivity index (χ2n) is 6.62. The molecule has 1 unspecified atom stereocenters. The fourth-order valence-electron chi connectivity index (χ4n) is 3.91. The maximum atomic E-state index is 2.33. The minimum Gasteiger partial charge on any atom is -0.0720 e. The van der Waals surface area contributed by atoms with E-state index in [1.165, 1.54) is 38.6 Å². The minimum atomic E-state index is 0.323. The molecule has 1 aliphatic rings. The SMILES string of the molecule is C1=CC(c2ccc(-c3ccccc3)cc2)c2cccc3cccc1c23. The summed E-state index contributed by atoms with van der Waals surface area (Å²) in [7, 11) is 0. The first-order chi connectivity index (χ1) is 12.4. The summed E-state index contributed by atoms with van der Waals surface area (Å²) in [6, 6.07) is 32.8. The Bertz CT molecular complexity index is 1060. The molecule has 0 heteroatoms. The first kappa shape index (κ1) is 14.2. The van der Waals surface area contributed by atoms with Crippen molar-refractivity contribution in [1.82, 2.24) is 0 Å². The molecule has 0 heterocycles. The second kappa shape index (κ2) is 5.75. The molecular weight excluding hydrogens is 300 g/mol. The molecule has 118 valence electrons. The molecular formula is C25H18. The van der Waals surface area contributed by atoms with E-state index in [-0.39, 0.29) is 0 Å². The van der Waals surface area contributed by atoms with Gasteiger partial charge in [-0.05, 0) is 38.6 Å². The Hall–Kier alpha value is -3.12. The van der Waals surface area contributed by atoms with Crippen molar-refractivity contribution in [3.8, 4) is 11.1 Å². The molecule has 0 saturated heterocycles. The molecule has 0 N–H and O–H groups in total. The van der Waals surface area contributed by atoms with E-state index in [4.69, 9.17) is 0 Å². The van der Waals surface area contributed by atoms with E-state index in [1.807, 2.05) is 0 Å². The van der Waals surface area contributed by atoms with Crippen molar-refractivity contribution in [3.63, 3.8) is 0 Å². The van der Waals surface area contributed by atoms with Crippen LogP contribution in [0, 0.1) is 0 Å². The third kappa shape index (κ3) is 2.38. The molecule has 5 rings (SSSR count). The topological polar surface area (TPSA) is 0 Å². The van der Waals surface area contributed by atoms with Crippen molar-refractivity contribution in [1.29, 1.82) is 0 Å². The van der Waals surface area contributed by atoms with Gasteiger partial charge >= 0.3 is 0 Å². The van der Waals surface area contributed by atoms with Gasteiger partial charge in [0, 0.05) is 5.92 Å². The molecule has 1 atom stereocenters. The Morgan fingerprint density at radius 3 is 2.08 bits per heavy atom. The number of benzene rings is 4. The van der Waals surface area contributed by atoms with Crippen LogP contribution in [-0.2, 0) is 0 Å². The van der Waals surface area contributed by atoms with Gasteiger partial charge in [-0.15, -0.1) is 0 Å². The summed E-state index contributed by atoms with van der Waals surface area (Å²) in [6.07, 6.45) is 4.60. The van der Waals surface area contributed by atoms with Crippen LogP contribution < -0.4 is 0 Å². The van der Waals surface area contributed by atoms with Gasteiger partial charge < -0.3 is 0 Å². The van der Waals surface area contributed by atoms with Crippen LogP contribution in [0.15, 0.2) is 97.1 Å². The van der Waals surface area contributed by atoms with Gasteiger partial charge in [-0.2, -0.15) is 0 Å². The van der Waals surface area contributed by atoms with Crippen molar-refractivity contribution >= 4 is 16.8 Å². The van der Waals surface area contributed by atoms with E-state index in [1.54, 1.807) is 0 Å². The summed E-state index contributed by atoms with van der Waals surface area (Å²) in [5.74, 6) is 0.323. The Morgan fingerprint density at radius 1 is 0.560 bits per heavy atom. The lowest BCUT2D eigenvalue weighted by Crippen LogP contribution is -2.03. The van der Waals surface area contributed by atoms with Crippen molar-refractivity contribution in [3.05, 3.63) is 114 Å². The highest BCUT2D eigenvalue weighted by Gasteiger charge is 2.18. The highest BCUT2D eigenvalue weighted by Crippen LogP contribution is 2.38. The first-order valence-electron chi connectivity index (χ1n) is 8.75. The number of allylic oxidation sites excluding steroid dienone is 1. The Balaban J connectivity index is 1.59. The standard InChI is InChI=1S/C25H18/c1-2-6-18(7-3-1)19-12-14-20(15-13-19)23-17-16-22-9-4-8-21-10-5-11-24(23)25(21)22/h1-17,23H. The maximum absolute atomic E-state index is 2.33. The van der Waals surface area contributed by atoms with E-state index in [9.17, 15) is 0 Å². The monoisotopic (exact) mass is 318 g/mol. The van der Waals surface area contributed by atoms with Gasteiger partial charge in [0.25, 0.3) is 0 Å². The first-order valence-corrected chi connectivity index (χ1v) is 8.75. The molecule has 0 aromatic heterocycles. The molecule has 0 radical (unpaired) electrons. The molecule has 0 spiro atoms. The maximum Gasteiger partial charge on any atom is 0.0279 e. The van der Waals surface area contributed by atoms with E-state index in [0.717, 1.165) is 0 Å². The summed E-state index contributed by atoms with van der Waals surface area (Å²) < 4.78 is 0. The molecule has 0 fully saturated rings. The predicted molar refractivity (Wildman–Crippen MR) is 107 cm³/mol. The molecule has 0 amide bonds. The molecule has 1 aliphatic carbocycles. The Labute approximate surface area is 148 Å². The largest absolute Gasteiger partial charge is 0.0720 e. The van der Waals surface area contributed by atoms with Gasteiger partial charge in [-0.25, -0.2) is 0 Å². The van der Waals surface area contributed by atoms with E-state index in [0.29, 0.717) is 5.92 Å². The molecule has 25 heavy (non-hydrogen) atoms. The highest BCUT2D eigenvalue weighted by atomic mass is 14.2. The summed E-state index contributed by atoms with van der Waals surface area (Å²) in [4.78, 5) is 0. The molecule has 4 aromatic carbocycles. The number of rotatable bonds is 2. The van der Waals surface area contributed by atoms with E-state index < -0.39 is 0 Å². The molecule has 4 aromatic rings. The second-order valence-corrected chi connectivity index (χ2v) is 6.62. The predicted octanol–water partition coefficient (Wildman–Crippen LogP) is 6.67. The van der Waals surface area contributed by atoms with Gasteiger partial charge in [0.1, 0.15) is 0 Å². The summed E-state index contributed by atoms with van der Waals surface area (Å²) in [5.41, 5.74) is 6.61.